The van der Waals surface area contributed by atoms with Gasteiger partial charge in [-0.3, -0.25) is 9.79 Å². The Balaban J connectivity index is 1.69. The molecular formula is C14H20N2O. The minimum absolute atomic E-state index is 0.107. The van der Waals surface area contributed by atoms with E-state index >= 15 is 0 Å². The van der Waals surface area contributed by atoms with Gasteiger partial charge in [0.1, 0.15) is 11.9 Å². The summed E-state index contributed by atoms with van der Waals surface area (Å²) >= 11 is 0. The molecule has 0 aromatic carbocycles. The van der Waals surface area contributed by atoms with Crippen LogP contribution in [-0.4, -0.2) is 17.8 Å². The maximum atomic E-state index is 11.7. The molecule has 1 aliphatic heterocycles. The second-order valence-corrected chi connectivity index (χ2v) is 6.84. The lowest BCUT2D eigenvalue weighted by Gasteiger charge is -2.56. The van der Waals surface area contributed by atoms with Crippen LogP contribution >= 0.6 is 0 Å². The molecule has 4 saturated carbocycles. The summed E-state index contributed by atoms with van der Waals surface area (Å²) < 4.78 is 0. The lowest BCUT2D eigenvalue weighted by Crippen LogP contribution is -2.53. The molecule has 0 saturated heterocycles. The molecule has 5 rings (SSSR count). The highest BCUT2D eigenvalue weighted by Gasteiger charge is 2.54. The van der Waals surface area contributed by atoms with E-state index in [9.17, 15) is 4.79 Å². The lowest BCUT2D eigenvalue weighted by molar-refractivity contribution is -0.119. The van der Waals surface area contributed by atoms with E-state index in [1.54, 1.807) is 0 Å². The molecule has 1 unspecified atom stereocenters. The fraction of sp³-hybridized carbons (Fsp3) is 0.857. The predicted molar refractivity (Wildman–Crippen MR) is 65.6 cm³/mol. The van der Waals surface area contributed by atoms with Crippen LogP contribution < -0.4 is 5.32 Å². The largest absolute Gasteiger partial charge is 0.312 e. The standard InChI is InChI=1S/C14H20N2O/c1-8-12(17)16-13(15-8)14-5-9-2-10(6-14)4-11(3-9)7-14/h8-11H,2-7H2,1H3,(H,15,16,17). The van der Waals surface area contributed by atoms with E-state index in [4.69, 9.17) is 0 Å². The molecule has 4 bridgehead atoms. The van der Waals surface area contributed by atoms with E-state index in [0.717, 1.165) is 23.6 Å². The first-order valence-corrected chi connectivity index (χ1v) is 7.04. The van der Waals surface area contributed by atoms with Gasteiger partial charge in [-0.25, -0.2) is 0 Å². The Morgan fingerprint density at radius 1 is 1.12 bits per heavy atom. The van der Waals surface area contributed by atoms with Crippen molar-refractivity contribution in [2.24, 2.45) is 28.2 Å². The first-order chi connectivity index (χ1) is 8.14. The third kappa shape index (κ3) is 1.34. The summed E-state index contributed by atoms with van der Waals surface area (Å²) in [6.07, 6.45) is 8.17. The Kier molecular flexibility index (Phi) is 1.85. The fourth-order valence-electron chi connectivity index (χ4n) is 5.18. The maximum absolute atomic E-state index is 11.7. The van der Waals surface area contributed by atoms with E-state index in [1.165, 1.54) is 38.5 Å². The number of nitrogens with zero attached hydrogens (tertiary/aromatic N) is 1. The van der Waals surface area contributed by atoms with Crippen molar-refractivity contribution in [2.45, 2.75) is 51.5 Å². The summed E-state index contributed by atoms with van der Waals surface area (Å²) in [6, 6.07) is -0.155. The normalized spacial score (nSPS) is 51.6. The topological polar surface area (TPSA) is 41.5 Å². The molecule has 1 heterocycles. The van der Waals surface area contributed by atoms with Crippen molar-refractivity contribution in [1.82, 2.24) is 5.32 Å². The SMILES string of the molecule is CC1N=C(C23CC4CC(CC(C4)C2)C3)NC1=O. The average molecular weight is 232 g/mol. The number of carbonyl (C=O) groups excluding carboxylic acids is 1. The Bertz CT molecular complexity index is 377. The van der Waals surface area contributed by atoms with Gasteiger partial charge >= 0.3 is 0 Å². The van der Waals surface area contributed by atoms with Crippen molar-refractivity contribution in [3.8, 4) is 0 Å². The van der Waals surface area contributed by atoms with Crippen LogP contribution in [0.3, 0.4) is 0 Å². The van der Waals surface area contributed by atoms with E-state index in [1.807, 2.05) is 6.92 Å². The van der Waals surface area contributed by atoms with Gasteiger partial charge in [-0.2, -0.15) is 0 Å². The summed E-state index contributed by atoms with van der Waals surface area (Å²) in [5.74, 6) is 3.90. The molecule has 3 heteroatoms. The minimum Gasteiger partial charge on any atom is -0.312 e. The first-order valence-electron chi connectivity index (χ1n) is 7.04. The maximum Gasteiger partial charge on any atom is 0.249 e. The zero-order valence-corrected chi connectivity index (χ0v) is 10.4. The molecule has 4 aliphatic carbocycles. The molecule has 1 amide bonds. The van der Waals surface area contributed by atoms with Gasteiger partial charge in [-0.1, -0.05) is 0 Å². The van der Waals surface area contributed by atoms with E-state index < -0.39 is 0 Å². The Hall–Kier alpha value is -0.860. The van der Waals surface area contributed by atoms with Gasteiger partial charge in [0.2, 0.25) is 5.91 Å². The van der Waals surface area contributed by atoms with Crippen LogP contribution in [0.25, 0.3) is 0 Å². The monoisotopic (exact) mass is 232 g/mol. The number of hydrogen-bond donors (Lipinski definition) is 1. The van der Waals surface area contributed by atoms with E-state index in [0.29, 0.717) is 0 Å². The molecule has 17 heavy (non-hydrogen) atoms. The van der Waals surface area contributed by atoms with Crippen LogP contribution in [0.5, 0.6) is 0 Å². The van der Waals surface area contributed by atoms with Crippen molar-refractivity contribution >= 4 is 11.7 Å². The number of carbonyl (C=O) groups is 1. The molecule has 1 atom stereocenters. The van der Waals surface area contributed by atoms with Crippen LogP contribution in [0.2, 0.25) is 0 Å². The minimum atomic E-state index is -0.155. The number of nitrogens with one attached hydrogen (secondary N) is 1. The highest BCUT2D eigenvalue weighted by molar-refractivity contribution is 6.08. The predicted octanol–water partition coefficient (Wildman–Crippen LogP) is 2.12. The van der Waals surface area contributed by atoms with Crippen molar-refractivity contribution in [2.75, 3.05) is 0 Å². The summed E-state index contributed by atoms with van der Waals surface area (Å²) in [6.45, 7) is 1.91. The van der Waals surface area contributed by atoms with Gasteiger partial charge in [-0.15, -0.1) is 0 Å². The average Bonchev–Trinajstić information content (AvgIpc) is 2.58. The molecule has 4 fully saturated rings. The third-order valence-electron chi connectivity index (χ3n) is 5.48. The quantitative estimate of drug-likeness (QED) is 0.739. The van der Waals surface area contributed by atoms with Crippen molar-refractivity contribution < 1.29 is 4.79 Å². The smallest absolute Gasteiger partial charge is 0.249 e. The van der Waals surface area contributed by atoms with Gasteiger partial charge in [0.25, 0.3) is 0 Å². The molecule has 0 aromatic rings. The Labute approximate surface area is 102 Å². The molecule has 5 aliphatic rings. The lowest BCUT2D eigenvalue weighted by atomic mass is 9.49. The highest BCUT2D eigenvalue weighted by Crippen LogP contribution is 2.60. The zero-order valence-electron chi connectivity index (χ0n) is 10.4. The Morgan fingerprint density at radius 3 is 2.06 bits per heavy atom. The van der Waals surface area contributed by atoms with Gasteiger partial charge in [-0.05, 0) is 63.2 Å². The van der Waals surface area contributed by atoms with Crippen LogP contribution in [0, 0.1) is 23.2 Å². The first kappa shape index (κ1) is 10.1. The van der Waals surface area contributed by atoms with Crippen molar-refractivity contribution in [1.29, 1.82) is 0 Å². The van der Waals surface area contributed by atoms with Crippen molar-refractivity contribution in [3.63, 3.8) is 0 Å². The summed E-state index contributed by atoms with van der Waals surface area (Å²) in [5.41, 5.74) is 0.259. The zero-order chi connectivity index (χ0) is 11.6. The summed E-state index contributed by atoms with van der Waals surface area (Å²) in [7, 11) is 0. The van der Waals surface area contributed by atoms with Crippen LogP contribution in [0.15, 0.2) is 4.99 Å². The van der Waals surface area contributed by atoms with Gasteiger partial charge < -0.3 is 5.32 Å². The third-order valence-corrected chi connectivity index (χ3v) is 5.48. The van der Waals surface area contributed by atoms with E-state index in [-0.39, 0.29) is 17.4 Å². The fourth-order valence-corrected chi connectivity index (χ4v) is 5.18. The number of rotatable bonds is 1. The highest BCUT2D eigenvalue weighted by atomic mass is 16.2. The van der Waals surface area contributed by atoms with Crippen LogP contribution in [-0.2, 0) is 4.79 Å². The molecule has 0 radical (unpaired) electrons. The molecule has 0 spiro atoms. The van der Waals surface area contributed by atoms with Crippen LogP contribution in [0.1, 0.15) is 45.4 Å². The molecule has 92 valence electrons. The van der Waals surface area contributed by atoms with E-state index in [2.05, 4.69) is 10.3 Å². The second-order valence-electron chi connectivity index (χ2n) is 6.84. The second kappa shape index (κ2) is 3.12. The van der Waals surface area contributed by atoms with Crippen molar-refractivity contribution in [3.05, 3.63) is 0 Å². The number of aliphatic imine (C=N–C) groups is 1. The van der Waals surface area contributed by atoms with Gasteiger partial charge in [0, 0.05) is 5.41 Å². The molecular weight excluding hydrogens is 212 g/mol. The molecule has 0 aromatic heterocycles. The number of amides is 1. The Morgan fingerprint density at radius 2 is 1.65 bits per heavy atom. The van der Waals surface area contributed by atoms with Gasteiger partial charge in [0.05, 0.1) is 0 Å². The number of hydrogen-bond acceptors (Lipinski definition) is 2. The molecule has 3 nitrogen and oxygen atoms in total. The van der Waals surface area contributed by atoms with Crippen LogP contribution in [0.4, 0.5) is 0 Å². The summed E-state index contributed by atoms with van der Waals surface area (Å²) in [4.78, 5) is 16.3. The molecule has 1 N–H and O–H groups in total. The number of amidine groups is 1. The van der Waals surface area contributed by atoms with Gasteiger partial charge in [0.15, 0.2) is 0 Å². The summed E-state index contributed by atoms with van der Waals surface area (Å²) in [5, 5.41) is 3.07.